The summed E-state index contributed by atoms with van der Waals surface area (Å²) in [5, 5.41) is 8.68. The molecule has 2 heterocycles. The molecule has 0 unspecified atom stereocenters. The Balaban J connectivity index is 1.61. The predicted octanol–water partition coefficient (Wildman–Crippen LogP) is 3.22. The highest BCUT2D eigenvalue weighted by molar-refractivity contribution is 7.13. The number of carbonyl (C=O) groups excluding carboxylic acids is 2. The molecule has 3 aromatic rings. The van der Waals surface area contributed by atoms with Gasteiger partial charge in [0.2, 0.25) is 5.91 Å². The number of hydrogen-bond donors (Lipinski definition) is 1. The van der Waals surface area contributed by atoms with E-state index in [4.69, 9.17) is 9.26 Å². The SMILES string of the molecule is CCOc1ccc(-c2nc(C(=O)N(C)CC(=O)Nc3cc(C)on3)cs2)cc1. The molecule has 0 saturated heterocycles. The number of carbonyl (C=O) groups is 2. The largest absolute Gasteiger partial charge is 0.494 e. The van der Waals surface area contributed by atoms with Gasteiger partial charge in [0.25, 0.3) is 5.91 Å². The molecule has 1 aromatic carbocycles. The fraction of sp³-hybridized carbons (Fsp3) is 0.263. The number of thiazole rings is 1. The Bertz CT molecular complexity index is 964. The zero-order valence-electron chi connectivity index (χ0n) is 15.8. The van der Waals surface area contributed by atoms with Gasteiger partial charge in [0.1, 0.15) is 22.2 Å². The van der Waals surface area contributed by atoms with E-state index in [0.717, 1.165) is 16.3 Å². The van der Waals surface area contributed by atoms with E-state index in [1.165, 1.54) is 16.2 Å². The summed E-state index contributed by atoms with van der Waals surface area (Å²) in [4.78, 5) is 30.3. The van der Waals surface area contributed by atoms with Crippen molar-refractivity contribution < 1.29 is 18.8 Å². The number of likely N-dealkylation sites (N-methyl/N-ethyl adjacent to an activating group) is 1. The first-order chi connectivity index (χ1) is 13.5. The first kappa shape index (κ1) is 19.6. The predicted molar refractivity (Wildman–Crippen MR) is 106 cm³/mol. The summed E-state index contributed by atoms with van der Waals surface area (Å²) in [7, 11) is 1.55. The number of hydrogen-bond acceptors (Lipinski definition) is 7. The molecule has 8 nitrogen and oxygen atoms in total. The van der Waals surface area contributed by atoms with Gasteiger partial charge in [0.05, 0.1) is 13.2 Å². The third kappa shape index (κ3) is 4.74. The first-order valence-electron chi connectivity index (χ1n) is 8.63. The maximum absolute atomic E-state index is 12.6. The van der Waals surface area contributed by atoms with E-state index in [-0.39, 0.29) is 18.4 Å². The van der Waals surface area contributed by atoms with Gasteiger partial charge < -0.3 is 19.5 Å². The molecule has 0 saturated carbocycles. The van der Waals surface area contributed by atoms with Crippen LogP contribution in [0.2, 0.25) is 0 Å². The van der Waals surface area contributed by atoms with Crippen molar-refractivity contribution in [3.63, 3.8) is 0 Å². The van der Waals surface area contributed by atoms with Gasteiger partial charge in [0.15, 0.2) is 5.82 Å². The van der Waals surface area contributed by atoms with Gasteiger partial charge in [-0.1, -0.05) is 5.16 Å². The number of aromatic nitrogens is 2. The van der Waals surface area contributed by atoms with Crippen molar-refractivity contribution in [1.29, 1.82) is 0 Å². The van der Waals surface area contributed by atoms with Gasteiger partial charge in [-0.2, -0.15) is 0 Å². The van der Waals surface area contributed by atoms with E-state index in [0.29, 0.717) is 23.9 Å². The van der Waals surface area contributed by atoms with Crippen LogP contribution in [-0.2, 0) is 4.79 Å². The molecule has 3 rings (SSSR count). The molecular formula is C19H20N4O4S. The molecular weight excluding hydrogens is 380 g/mol. The molecule has 0 aliphatic carbocycles. The van der Waals surface area contributed by atoms with Crippen LogP contribution in [0.4, 0.5) is 5.82 Å². The van der Waals surface area contributed by atoms with Crippen molar-refractivity contribution in [3.05, 3.63) is 47.2 Å². The Hall–Kier alpha value is -3.20. The van der Waals surface area contributed by atoms with Gasteiger partial charge in [-0.15, -0.1) is 11.3 Å². The Kier molecular flexibility index (Phi) is 6.05. The lowest BCUT2D eigenvalue weighted by Gasteiger charge is -2.14. The van der Waals surface area contributed by atoms with E-state index in [1.807, 2.05) is 31.2 Å². The minimum Gasteiger partial charge on any atom is -0.494 e. The van der Waals surface area contributed by atoms with Crippen LogP contribution in [0.5, 0.6) is 5.75 Å². The first-order valence-corrected chi connectivity index (χ1v) is 9.51. The third-order valence-corrected chi connectivity index (χ3v) is 4.65. The van der Waals surface area contributed by atoms with E-state index in [1.54, 1.807) is 25.4 Å². The number of aryl methyl sites for hydroxylation is 1. The maximum Gasteiger partial charge on any atom is 0.273 e. The summed E-state index contributed by atoms with van der Waals surface area (Å²) >= 11 is 1.37. The van der Waals surface area contributed by atoms with E-state index in [2.05, 4.69) is 15.5 Å². The second-order valence-corrected chi connectivity index (χ2v) is 6.89. The zero-order valence-corrected chi connectivity index (χ0v) is 16.6. The number of amides is 2. The van der Waals surface area contributed by atoms with E-state index >= 15 is 0 Å². The average molecular weight is 400 g/mol. The zero-order chi connectivity index (χ0) is 20.1. The van der Waals surface area contributed by atoms with E-state index in [9.17, 15) is 9.59 Å². The molecule has 9 heteroatoms. The van der Waals surface area contributed by atoms with Crippen LogP contribution in [0, 0.1) is 6.92 Å². The van der Waals surface area contributed by atoms with Crippen LogP contribution in [-0.4, -0.2) is 47.1 Å². The summed E-state index contributed by atoms with van der Waals surface area (Å²) in [6.45, 7) is 4.13. The lowest BCUT2D eigenvalue weighted by Crippen LogP contribution is -2.35. The number of rotatable bonds is 7. The molecule has 0 radical (unpaired) electrons. The van der Waals surface area contributed by atoms with Crippen LogP contribution in [0.3, 0.4) is 0 Å². The lowest BCUT2D eigenvalue weighted by molar-refractivity contribution is -0.116. The highest BCUT2D eigenvalue weighted by Crippen LogP contribution is 2.26. The molecule has 146 valence electrons. The molecule has 28 heavy (non-hydrogen) atoms. The monoisotopic (exact) mass is 400 g/mol. The van der Waals surface area contributed by atoms with Crippen molar-refractivity contribution >= 4 is 29.0 Å². The highest BCUT2D eigenvalue weighted by Gasteiger charge is 2.19. The normalized spacial score (nSPS) is 10.5. The van der Waals surface area contributed by atoms with Crippen molar-refractivity contribution in [2.75, 3.05) is 25.5 Å². The minimum atomic E-state index is -0.369. The van der Waals surface area contributed by atoms with Crippen LogP contribution in [0.1, 0.15) is 23.2 Å². The molecule has 0 atom stereocenters. The van der Waals surface area contributed by atoms with Crippen LogP contribution >= 0.6 is 11.3 Å². The fourth-order valence-electron chi connectivity index (χ4n) is 2.46. The Morgan fingerprint density at radius 3 is 2.68 bits per heavy atom. The molecule has 2 aromatic heterocycles. The van der Waals surface area contributed by atoms with Crippen LogP contribution < -0.4 is 10.1 Å². The Labute approximate surface area is 166 Å². The molecule has 0 aliphatic heterocycles. The number of nitrogens with one attached hydrogen (secondary N) is 1. The van der Waals surface area contributed by atoms with Gasteiger partial charge in [-0.05, 0) is 38.1 Å². The average Bonchev–Trinajstić information content (AvgIpc) is 3.31. The number of nitrogens with zero attached hydrogens (tertiary/aromatic N) is 3. The lowest BCUT2D eigenvalue weighted by atomic mass is 10.2. The summed E-state index contributed by atoms with van der Waals surface area (Å²) in [5.74, 6) is 0.983. The smallest absolute Gasteiger partial charge is 0.273 e. The molecule has 0 bridgehead atoms. The summed E-state index contributed by atoms with van der Waals surface area (Å²) in [6, 6.07) is 9.13. The molecule has 0 fully saturated rings. The Morgan fingerprint density at radius 2 is 2.04 bits per heavy atom. The quantitative estimate of drug-likeness (QED) is 0.654. The van der Waals surface area contributed by atoms with Crippen molar-refractivity contribution in [1.82, 2.24) is 15.0 Å². The van der Waals surface area contributed by atoms with Gasteiger partial charge in [-0.3, -0.25) is 9.59 Å². The minimum absolute atomic E-state index is 0.124. The van der Waals surface area contributed by atoms with Gasteiger partial charge >= 0.3 is 0 Å². The van der Waals surface area contributed by atoms with Crippen LogP contribution in [0.15, 0.2) is 40.2 Å². The van der Waals surface area contributed by atoms with Gasteiger partial charge in [-0.25, -0.2) is 4.98 Å². The van der Waals surface area contributed by atoms with E-state index < -0.39 is 0 Å². The van der Waals surface area contributed by atoms with Crippen LogP contribution in [0.25, 0.3) is 10.6 Å². The van der Waals surface area contributed by atoms with Crippen molar-refractivity contribution in [2.45, 2.75) is 13.8 Å². The molecule has 0 spiro atoms. The maximum atomic E-state index is 12.6. The second-order valence-electron chi connectivity index (χ2n) is 6.03. The molecule has 0 aliphatic rings. The molecule has 2 amide bonds. The summed E-state index contributed by atoms with van der Waals surface area (Å²) in [5.41, 5.74) is 1.19. The summed E-state index contributed by atoms with van der Waals surface area (Å²) < 4.78 is 10.3. The summed E-state index contributed by atoms with van der Waals surface area (Å²) in [6.07, 6.45) is 0. The highest BCUT2D eigenvalue weighted by atomic mass is 32.1. The van der Waals surface area contributed by atoms with Crippen molar-refractivity contribution in [2.24, 2.45) is 0 Å². The Morgan fingerprint density at radius 1 is 1.29 bits per heavy atom. The second kappa shape index (κ2) is 8.66. The number of anilines is 1. The molecule has 1 N–H and O–H groups in total. The standard InChI is InChI=1S/C19H20N4O4S/c1-4-26-14-7-5-13(6-8-14)18-20-15(11-28-18)19(25)23(3)10-17(24)21-16-9-12(2)27-22-16/h5-9,11H,4,10H2,1-3H3,(H,21,22,24). The van der Waals surface area contributed by atoms with Gasteiger partial charge in [0, 0.05) is 24.1 Å². The fourth-order valence-corrected chi connectivity index (χ4v) is 3.26. The number of benzene rings is 1. The topological polar surface area (TPSA) is 97.6 Å². The third-order valence-electron chi connectivity index (χ3n) is 3.76. The van der Waals surface area contributed by atoms with Crippen molar-refractivity contribution in [3.8, 4) is 16.3 Å². The number of ether oxygens (including phenoxy) is 1.